The fourth-order valence-corrected chi connectivity index (χ4v) is 2.62. The standard InChI is InChI=1S/C13H21NO5S/c1-10(2)9-19-12-3-5-13(6-4-12)20(17,18)14-11(7-15)8-16/h3-6,10-11,14-16H,7-9H2,1-2H3. The highest BCUT2D eigenvalue weighted by molar-refractivity contribution is 7.89. The molecule has 0 saturated carbocycles. The lowest BCUT2D eigenvalue weighted by molar-refractivity contribution is 0.185. The maximum atomic E-state index is 12.0. The minimum absolute atomic E-state index is 0.0568. The van der Waals surface area contributed by atoms with Crippen molar-refractivity contribution in [3.05, 3.63) is 24.3 Å². The maximum Gasteiger partial charge on any atom is 0.240 e. The highest BCUT2D eigenvalue weighted by Crippen LogP contribution is 2.16. The molecule has 0 bridgehead atoms. The first-order valence-corrected chi connectivity index (χ1v) is 7.84. The fraction of sp³-hybridized carbons (Fsp3) is 0.538. The van der Waals surface area contributed by atoms with Crippen LogP contribution in [0.1, 0.15) is 13.8 Å². The van der Waals surface area contributed by atoms with E-state index < -0.39 is 29.3 Å². The lowest BCUT2D eigenvalue weighted by Crippen LogP contribution is -2.39. The van der Waals surface area contributed by atoms with Gasteiger partial charge in [-0.25, -0.2) is 13.1 Å². The molecule has 0 aromatic heterocycles. The molecule has 0 saturated heterocycles. The average molecular weight is 303 g/mol. The zero-order valence-corrected chi connectivity index (χ0v) is 12.4. The zero-order valence-electron chi connectivity index (χ0n) is 11.6. The molecule has 0 fully saturated rings. The molecular weight excluding hydrogens is 282 g/mol. The Bertz CT molecular complexity index is 494. The van der Waals surface area contributed by atoms with Gasteiger partial charge >= 0.3 is 0 Å². The summed E-state index contributed by atoms with van der Waals surface area (Å²) in [6.07, 6.45) is 0. The molecule has 20 heavy (non-hydrogen) atoms. The summed E-state index contributed by atoms with van der Waals surface area (Å²) in [6, 6.07) is 5.08. The van der Waals surface area contributed by atoms with E-state index in [4.69, 9.17) is 14.9 Å². The Hall–Kier alpha value is -1.15. The highest BCUT2D eigenvalue weighted by Gasteiger charge is 2.19. The Morgan fingerprint density at radius 3 is 2.15 bits per heavy atom. The van der Waals surface area contributed by atoms with E-state index >= 15 is 0 Å². The summed E-state index contributed by atoms with van der Waals surface area (Å²) in [7, 11) is -3.76. The van der Waals surface area contributed by atoms with Crippen LogP contribution in [0.5, 0.6) is 5.75 Å². The van der Waals surface area contributed by atoms with Gasteiger partial charge in [0.15, 0.2) is 0 Å². The molecule has 0 atom stereocenters. The monoisotopic (exact) mass is 303 g/mol. The summed E-state index contributed by atoms with van der Waals surface area (Å²) in [5.41, 5.74) is 0. The predicted molar refractivity (Wildman–Crippen MR) is 75.1 cm³/mol. The molecule has 0 amide bonds. The van der Waals surface area contributed by atoms with Gasteiger partial charge in [0.1, 0.15) is 5.75 Å². The molecule has 1 rings (SSSR count). The third-order valence-electron chi connectivity index (χ3n) is 2.48. The second-order valence-electron chi connectivity index (χ2n) is 4.86. The van der Waals surface area contributed by atoms with Gasteiger partial charge < -0.3 is 14.9 Å². The average Bonchev–Trinajstić information content (AvgIpc) is 2.43. The number of hydrogen-bond acceptors (Lipinski definition) is 5. The summed E-state index contributed by atoms with van der Waals surface area (Å²) in [5, 5.41) is 17.8. The number of ether oxygens (including phenoxy) is 1. The van der Waals surface area contributed by atoms with Gasteiger partial charge in [-0.3, -0.25) is 0 Å². The van der Waals surface area contributed by atoms with Crippen molar-refractivity contribution in [3.8, 4) is 5.75 Å². The number of aliphatic hydroxyl groups is 2. The molecule has 0 aliphatic rings. The third kappa shape index (κ3) is 5.09. The van der Waals surface area contributed by atoms with Crippen molar-refractivity contribution in [2.24, 2.45) is 5.92 Å². The largest absolute Gasteiger partial charge is 0.493 e. The van der Waals surface area contributed by atoms with Gasteiger partial charge in [-0.05, 0) is 30.2 Å². The molecule has 1 aromatic carbocycles. The second kappa shape index (κ2) is 7.58. The molecule has 0 radical (unpaired) electrons. The summed E-state index contributed by atoms with van der Waals surface area (Å²) in [4.78, 5) is 0.0568. The zero-order chi connectivity index (χ0) is 15.2. The van der Waals surface area contributed by atoms with Crippen molar-refractivity contribution >= 4 is 10.0 Å². The Balaban J connectivity index is 2.76. The predicted octanol–water partition coefficient (Wildman–Crippen LogP) is 0.353. The van der Waals surface area contributed by atoms with E-state index in [0.29, 0.717) is 18.3 Å². The first-order valence-electron chi connectivity index (χ1n) is 6.36. The smallest absolute Gasteiger partial charge is 0.240 e. The van der Waals surface area contributed by atoms with E-state index in [1.807, 2.05) is 13.8 Å². The number of sulfonamides is 1. The normalized spacial score (nSPS) is 12.1. The van der Waals surface area contributed by atoms with Gasteiger partial charge in [0.2, 0.25) is 10.0 Å². The topological polar surface area (TPSA) is 95.9 Å². The lowest BCUT2D eigenvalue weighted by atomic mass is 10.2. The molecule has 114 valence electrons. The molecule has 0 spiro atoms. The lowest BCUT2D eigenvalue weighted by Gasteiger charge is -2.14. The number of aliphatic hydroxyl groups excluding tert-OH is 2. The van der Waals surface area contributed by atoms with Crippen molar-refractivity contribution in [1.82, 2.24) is 4.72 Å². The SMILES string of the molecule is CC(C)COc1ccc(S(=O)(=O)NC(CO)CO)cc1. The van der Waals surface area contributed by atoms with Gasteiger partial charge in [-0.2, -0.15) is 0 Å². The van der Waals surface area contributed by atoms with Crippen LogP contribution in [0.3, 0.4) is 0 Å². The van der Waals surface area contributed by atoms with Gasteiger partial charge in [0.05, 0.1) is 30.8 Å². The van der Waals surface area contributed by atoms with Crippen LogP contribution in [-0.4, -0.2) is 44.5 Å². The Kier molecular flexibility index (Phi) is 6.41. The van der Waals surface area contributed by atoms with Gasteiger partial charge in [-0.15, -0.1) is 0 Å². The summed E-state index contributed by atoms with van der Waals surface area (Å²) >= 11 is 0. The van der Waals surface area contributed by atoms with Gasteiger partial charge in [0.25, 0.3) is 0 Å². The first kappa shape index (κ1) is 16.9. The van der Waals surface area contributed by atoms with Gasteiger partial charge in [0, 0.05) is 0 Å². The number of rotatable bonds is 8. The minimum Gasteiger partial charge on any atom is -0.493 e. The second-order valence-corrected chi connectivity index (χ2v) is 6.57. The van der Waals surface area contributed by atoms with E-state index in [-0.39, 0.29) is 4.90 Å². The fourth-order valence-electron chi connectivity index (χ4n) is 1.40. The highest BCUT2D eigenvalue weighted by atomic mass is 32.2. The van der Waals surface area contributed by atoms with E-state index in [0.717, 1.165) is 0 Å². The van der Waals surface area contributed by atoms with E-state index in [1.54, 1.807) is 12.1 Å². The third-order valence-corrected chi connectivity index (χ3v) is 4.02. The van der Waals surface area contributed by atoms with E-state index in [2.05, 4.69) is 4.72 Å². The van der Waals surface area contributed by atoms with Crippen molar-refractivity contribution in [3.63, 3.8) is 0 Å². The molecule has 0 unspecified atom stereocenters. The molecule has 1 aromatic rings. The van der Waals surface area contributed by atoms with Crippen LogP contribution in [0.2, 0.25) is 0 Å². The van der Waals surface area contributed by atoms with Crippen LogP contribution in [-0.2, 0) is 10.0 Å². The van der Waals surface area contributed by atoms with Crippen molar-refractivity contribution < 1.29 is 23.4 Å². The Morgan fingerprint density at radius 2 is 1.70 bits per heavy atom. The van der Waals surface area contributed by atoms with E-state index in [9.17, 15) is 8.42 Å². The van der Waals surface area contributed by atoms with Crippen molar-refractivity contribution in [2.75, 3.05) is 19.8 Å². The van der Waals surface area contributed by atoms with Crippen LogP contribution in [0, 0.1) is 5.92 Å². The van der Waals surface area contributed by atoms with E-state index in [1.165, 1.54) is 12.1 Å². The molecule has 0 heterocycles. The molecule has 7 heteroatoms. The summed E-state index contributed by atoms with van der Waals surface area (Å²) in [6.45, 7) is 3.66. The van der Waals surface area contributed by atoms with Crippen LogP contribution in [0.15, 0.2) is 29.2 Å². The number of benzene rings is 1. The Labute approximate surface area is 119 Å². The number of hydrogen-bond donors (Lipinski definition) is 3. The summed E-state index contributed by atoms with van der Waals surface area (Å²) < 4.78 is 31.6. The van der Waals surface area contributed by atoms with Crippen LogP contribution in [0.4, 0.5) is 0 Å². The van der Waals surface area contributed by atoms with Crippen molar-refractivity contribution in [1.29, 1.82) is 0 Å². The summed E-state index contributed by atoms with van der Waals surface area (Å²) in [5.74, 6) is 0.980. The quantitative estimate of drug-likeness (QED) is 0.644. The first-order chi connectivity index (χ1) is 9.39. The maximum absolute atomic E-state index is 12.0. The molecule has 6 nitrogen and oxygen atoms in total. The molecule has 3 N–H and O–H groups in total. The van der Waals surface area contributed by atoms with Crippen LogP contribution in [0.25, 0.3) is 0 Å². The number of nitrogens with one attached hydrogen (secondary N) is 1. The van der Waals surface area contributed by atoms with Gasteiger partial charge in [-0.1, -0.05) is 13.8 Å². The molecule has 0 aliphatic carbocycles. The molecular formula is C13H21NO5S. The van der Waals surface area contributed by atoms with Crippen LogP contribution >= 0.6 is 0 Å². The molecule has 0 aliphatic heterocycles. The minimum atomic E-state index is -3.76. The Morgan fingerprint density at radius 1 is 1.15 bits per heavy atom. The van der Waals surface area contributed by atoms with Crippen LogP contribution < -0.4 is 9.46 Å². The van der Waals surface area contributed by atoms with Crippen molar-refractivity contribution in [2.45, 2.75) is 24.8 Å².